The maximum absolute atomic E-state index is 14.2. The van der Waals surface area contributed by atoms with Crippen LogP contribution in [0.3, 0.4) is 0 Å². The largest absolute Gasteiger partial charge is 0.316 e. The number of hydrogen-bond donors (Lipinski definition) is 1. The van der Waals surface area contributed by atoms with Crippen LogP contribution in [-0.4, -0.2) is 13.1 Å². The van der Waals surface area contributed by atoms with Crippen molar-refractivity contribution in [2.24, 2.45) is 0 Å². The van der Waals surface area contributed by atoms with E-state index in [1.165, 1.54) is 12.1 Å². The van der Waals surface area contributed by atoms with E-state index < -0.39 is 5.82 Å². The molecule has 0 radical (unpaired) electrons. The predicted molar refractivity (Wildman–Crippen MR) is 69.8 cm³/mol. The number of likely N-dealkylation sites (N-methyl/N-ethyl adjacent to an activating group) is 1. The first kappa shape index (κ1) is 13.5. The smallest absolute Gasteiger partial charge is 0.132 e. The van der Waals surface area contributed by atoms with Gasteiger partial charge in [-0.15, -0.1) is 0 Å². The maximum atomic E-state index is 14.2. The molecule has 18 heavy (non-hydrogen) atoms. The highest BCUT2D eigenvalue weighted by molar-refractivity contribution is 5.31. The van der Waals surface area contributed by atoms with Gasteiger partial charge in [0.2, 0.25) is 0 Å². The fourth-order valence-corrected chi connectivity index (χ4v) is 3.02. The van der Waals surface area contributed by atoms with Gasteiger partial charge in [0.15, 0.2) is 0 Å². The van der Waals surface area contributed by atoms with Crippen LogP contribution in [-0.2, 0) is 0 Å². The van der Waals surface area contributed by atoms with E-state index in [-0.39, 0.29) is 23.3 Å². The quantitative estimate of drug-likeness (QED) is 0.788. The fraction of sp³-hybridized carbons (Fsp3) is 0.600. The molecule has 0 saturated heterocycles. The summed E-state index contributed by atoms with van der Waals surface area (Å²) in [6.45, 7) is 1.70. The van der Waals surface area contributed by atoms with Crippen LogP contribution in [0.2, 0.25) is 0 Å². The minimum Gasteiger partial charge on any atom is -0.316 e. The van der Waals surface area contributed by atoms with E-state index in [9.17, 15) is 8.78 Å². The van der Waals surface area contributed by atoms with Gasteiger partial charge in [-0.3, -0.25) is 0 Å². The van der Waals surface area contributed by atoms with Crippen LogP contribution in [0, 0.1) is 18.6 Å². The van der Waals surface area contributed by atoms with E-state index in [0.29, 0.717) is 5.56 Å². The number of nitrogens with one attached hydrogen (secondary N) is 1. The van der Waals surface area contributed by atoms with Gasteiger partial charge in [0.25, 0.3) is 0 Å². The van der Waals surface area contributed by atoms with E-state index >= 15 is 0 Å². The summed E-state index contributed by atoms with van der Waals surface area (Å²) in [5.74, 6) is -0.801. The number of hydrogen-bond acceptors (Lipinski definition) is 1. The summed E-state index contributed by atoms with van der Waals surface area (Å²) in [4.78, 5) is 0. The highest BCUT2D eigenvalue weighted by Gasteiger charge is 2.29. The lowest BCUT2D eigenvalue weighted by Crippen LogP contribution is -2.32. The Morgan fingerprint density at radius 1 is 1.11 bits per heavy atom. The molecule has 1 aromatic carbocycles. The SMILES string of the molecule is CNC1CCCCCC1c1c(F)ccc(C)c1F. The molecule has 1 nitrogen and oxygen atoms in total. The van der Waals surface area contributed by atoms with Gasteiger partial charge >= 0.3 is 0 Å². The normalized spacial score (nSPS) is 24.9. The van der Waals surface area contributed by atoms with Crippen molar-refractivity contribution in [2.45, 2.75) is 51.0 Å². The van der Waals surface area contributed by atoms with E-state index in [4.69, 9.17) is 0 Å². The van der Waals surface area contributed by atoms with Gasteiger partial charge < -0.3 is 5.32 Å². The molecule has 0 bridgehead atoms. The second-order valence-electron chi connectivity index (χ2n) is 5.23. The van der Waals surface area contributed by atoms with Crippen molar-refractivity contribution < 1.29 is 8.78 Å². The predicted octanol–water partition coefficient (Wildman–Crippen LogP) is 3.91. The lowest BCUT2D eigenvalue weighted by molar-refractivity contribution is 0.407. The molecule has 1 aliphatic rings. The molecule has 2 atom stereocenters. The average molecular weight is 253 g/mol. The van der Waals surface area contributed by atoms with Crippen LogP contribution in [0.1, 0.15) is 49.1 Å². The molecule has 0 amide bonds. The van der Waals surface area contributed by atoms with Gasteiger partial charge in [0.1, 0.15) is 11.6 Å². The minimum absolute atomic E-state index is 0.0441. The number of aryl methyl sites for hydroxylation is 1. The standard InChI is InChI=1S/C15H21F2N/c1-10-8-9-12(16)14(15(10)17)11-6-4-3-5-7-13(11)18-2/h8-9,11,13,18H,3-7H2,1-2H3. The van der Waals surface area contributed by atoms with Crippen LogP contribution in [0.5, 0.6) is 0 Å². The molecule has 2 unspecified atom stereocenters. The molecule has 1 aromatic rings. The van der Waals surface area contributed by atoms with Crippen molar-refractivity contribution in [2.75, 3.05) is 7.05 Å². The van der Waals surface area contributed by atoms with Crippen LogP contribution in [0.25, 0.3) is 0 Å². The zero-order chi connectivity index (χ0) is 13.1. The third kappa shape index (κ3) is 2.56. The minimum atomic E-state index is -0.398. The number of benzene rings is 1. The van der Waals surface area contributed by atoms with Crippen molar-refractivity contribution in [3.63, 3.8) is 0 Å². The summed E-state index contributed by atoms with van der Waals surface area (Å²) in [5, 5.41) is 3.23. The highest BCUT2D eigenvalue weighted by atomic mass is 19.1. The summed E-state index contributed by atoms with van der Waals surface area (Å²) in [6, 6.07) is 3.09. The van der Waals surface area contributed by atoms with Gasteiger partial charge in [0, 0.05) is 17.5 Å². The van der Waals surface area contributed by atoms with Crippen molar-refractivity contribution >= 4 is 0 Å². The Hall–Kier alpha value is -0.960. The monoisotopic (exact) mass is 253 g/mol. The van der Waals surface area contributed by atoms with Gasteiger partial charge in [-0.05, 0) is 38.4 Å². The molecule has 3 heteroatoms. The Morgan fingerprint density at radius 2 is 1.83 bits per heavy atom. The molecule has 0 spiro atoms. The van der Waals surface area contributed by atoms with E-state index in [1.807, 2.05) is 7.05 Å². The van der Waals surface area contributed by atoms with Crippen LogP contribution in [0.4, 0.5) is 8.78 Å². The first-order valence-corrected chi connectivity index (χ1v) is 6.77. The summed E-state index contributed by atoms with van der Waals surface area (Å²) in [6.07, 6.45) is 5.20. The Bertz CT molecular complexity index is 417. The molecular formula is C15H21F2N. The van der Waals surface area contributed by atoms with Crippen molar-refractivity contribution in [1.29, 1.82) is 0 Å². The Labute approximate surface area is 108 Å². The molecule has 1 N–H and O–H groups in total. The summed E-state index contributed by atoms with van der Waals surface area (Å²) in [5.41, 5.74) is 0.821. The molecule has 0 aliphatic heterocycles. The zero-order valence-corrected chi connectivity index (χ0v) is 11.1. The lowest BCUT2D eigenvalue weighted by Gasteiger charge is -2.26. The molecule has 100 valence electrons. The van der Waals surface area contributed by atoms with E-state index in [1.54, 1.807) is 6.92 Å². The first-order valence-electron chi connectivity index (χ1n) is 6.77. The molecule has 1 saturated carbocycles. The van der Waals surface area contributed by atoms with Crippen molar-refractivity contribution in [1.82, 2.24) is 5.32 Å². The van der Waals surface area contributed by atoms with E-state index in [2.05, 4.69) is 5.32 Å². The molecule has 2 rings (SSSR count). The van der Waals surface area contributed by atoms with Crippen LogP contribution >= 0.6 is 0 Å². The highest BCUT2D eigenvalue weighted by Crippen LogP contribution is 2.35. The third-order valence-corrected chi connectivity index (χ3v) is 4.08. The van der Waals surface area contributed by atoms with Gasteiger partial charge in [-0.1, -0.05) is 25.3 Å². The second-order valence-corrected chi connectivity index (χ2v) is 5.23. The summed E-state index contributed by atoms with van der Waals surface area (Å²) in [7, 11) is 1.88. The molecular weight excluding hydrogens is 232 g/mol. The average Bonchev–Trinajstić information content (AvgIpc) is 2.60. The maximum Gasteiger partial charge on any atom is 0.132 e. The summed E-state index contributed by atoms with van der Waals surface area (Å²) < 4.78 is 28.2. The number of halogens is 2. The molecule has 1 aliphatic carbocycles. The van der Waals surface area contributed by atoms with E-state index in [0.717, 1.165) is 32.1 Å². The summed E-state index contributed by atoms with van der Waals surface area (Å²) >= 11 is 0. The van der Waals surface area contributed by atoms with Crippen molar-refractivity contribution in [3.8, 4) is 0 Å². The Kier molecular flexibility index (Phi) is 4.33. The van der Waals surface area contributed by atoms with Crippen molar-refractivity contribution in [3.05, 3.63) is 34.9 Å². The number of rotatable bonds is 2. The van der Waals surface area contributed by atoms with Gasteiger partial charge in [-0.2, -0.15) is 0 Å². The van der Waals surface area contributed by atoms with Crippen LogP contribution < -0.4 is 5.32 Å². The zero-order valence-electron chi connectivity index (χ0n) is 11.1. The van der Waals surface area contributed by atoms with Gasteiger partial charge in [-0.25, -0.2) is 8.78 Å². The first-order chi connectivity index (χ1) is 8.65. The molecule has 1 fully saturated rings. The molecule has 0 heterocycles. The Morgan fingerprint density at radius 3 is 2.56 bits per heavy atom. The van der Waals surface area contributed by atoms with Crippen LogP contribution in [0.15, 0.2) is 12.1 Å². The van der Waals surface area contributed by atoms with Gasteiger partial charge in [0.05, 0.1) is 0 Å². The lowest BCUT2D eigenvalue weighted by atomic mass is 9.86. The Balaban J connectivity index is 2.41. The second kappa shape index (κ2) is 5.79. The fourth-order valence-electron chi connectivity index (χ4n) is 3.02. The topological polar surface area (TPSA) is 12.0 Å². The third-order valence-electron chi connectivity index (χ3n) is 4.08. The molecule has 0 aromatic heterocycles.